The molecular formula is C10H21N3O2. The molecule has 0 aliphatic rings. The summed E-state index contributed by atoms with van der Waals surface area (Å²) < 4.78 is 0. The molecule has 5 heteroatoms. The average Bonchev–Trinajstić information content (AvgIpc) is 2.10. The lowest BCUT2D eigenvalue weighted by molar-refractivity contribution is -0.120. The van der Waals surface area contributed by atoms with Gasteiger partial charge in [-0.3, -0.25) is 4.79 Å². The van der Waals surface area contributed by atoms with E-state index in [-0.39, 0.29) is 17.5 Å². The molecule has 0 saturated carbocycles. The molecule has 0 saturated heterocycles. The Kier molecular flexibility index (Phi) is 5.11. The first kappa shape index (κ1) is 13.7. The summed E-state index contributed by atoms with van der Waals surface area (Å²) in [5.74, 6) is -0.0644. The van der Waals surface area contributed by atoms with E-state index in [1.165, 1.54) is 4.90 Å². The van der Waals surface area contributed by atoms with Crippen LogP contribution in [0.2, 0.25) is 0 Å². The summed E-state index contributed by atoms with van der Waals surface area (Å²) in [4.78, 5) is 24.0. The molecule has 0 heterocycles. The number of carbonyl (C=O) groups excluding carboxylic acids is 2. The molecule has 0 aromatic heterocycles. The maximum absolute atomic E-state index is 11.5. The molecular weight excluding hydrogens is 194 g/mol. The standard InChI is InChI=1S/C10H21N3O2/c1-10(2,3)12-9(15)13(5)7-6-8(14)11-4/h6-7H2,1-5H3,(H,11,14)(H,12,15). The smallest absolute Gasteiger partial charge is 0.317 e. The quantitative estimate of drug-likeness (QED) is 0.722. The van der Waals surface area contributed by atoms with Crippen LogP contribution in [0.25, 0.3) is 0 Å². The molecule has 0 bridgehead atoms. The van der Waals surface area contributed by atoms with Crippen molar-refractivity contribution in [2.45, 2.75) is 32.7 Å². The van der Waals surface area contributed by atoms with E-state index in [9.17, 15) is 9.59 Å². The zero-order valence-corrected chi connectivity index (χ0v) is 10.2. The number of carbonyl (C=O) groups is 2. The van der Waals surface area contributed by atoms with Gasteiger partial charge in [-0.05, 0) is 20.8 Å². The van der Waals surface area contributed by atoms with Crippen LogP contribution in [-0.4, -0.2) is 43.0 Å². The highest BCUT2D eigenvalue weighted by Crippen LogP contribution is 2.00. The third-order valence-corrected chi connectivity index (χ3v) is 1.78. The van der Waals surface area contributed by atoms with E-state index in [0.717, 1.165) is 0 Å². The van der Waals surface area contributed by atoms with Crippen LogP contribution in [0.15, 0.2) is 0 Å². The highest BCUT2D eigenvalue weighted by molar-refractivity contribution is 5.78. The topological polar surface area (TPSA) is 61.4 Å². The van der Waals surface area contributed by atoms with Crippen molar-refractivity contribution >= 4 is 11.9 Å². The average molecular weight is 215 g/mol. The number of urea groups is 1. The van der Waals surface area contributed by atoms with Gasteiger partial charge in [0.25, 0.3) is 0 Å². The number of hydrogen-bond donors (Lipinski definition) is 2. The summed E-state index contributed by atoms with van der Waals surface area (Å²) >= 11 is 0. The van der Waals surface area contributed by atoms with Crippen molar-refractivity contribution < 1.29 is 9.59 Å². The lowest BCUT2D eigenvalue weighted by Gasteiger charge is -2.25. The van der Waals surface area contributed by atoms with Gasteiger partial charge in [0, 0.05) is 32.6 Å². The first-order valence-electron chi connectivity index (χ1n) is 5.00. The van der Waals surface area contributed by atoms with E-state index in [1.54, 1.807) is 14.1 Å². The molecule has 5 nitrogen and oxygen atoms in total. The fraction of sp³-hybridized carbons (Fsp3) is 0.800. The number of nitrogens with one attached hydrogen (secondary N) is 2. The van der Waals surface area contributed by atoms with Crippen LogP contribution in [0, 0.1) is 0 Å². The molecule has 2 N–H and O–H groups in total. The zero-order valence-electron chi connectivity index (χ0n) is 10.2. The van der Waals surface area contributed by atoms with Gasteiger partial charge in [-0.1, -0.05) is 0 Å². The predicted octanol–water partition coefficient (Wildman–Crippen LogP) is 0.562. The van der Waals surface area contributed by atoms with Gasteiger partial charge in [0.15, 0.2) is 0 Å². The van der Waals surface area contributed by atoms with E-state index in [2.05, 4.69) is 10.6 Å². The van der Waals surface area contributed by atoms with E-state index in [0.29, 0.717) is 13.0 Å². The van der Waals surface area contributed by atoms with E-state index in [1.807, 2.05) is 20.8 Å². The molecule has 15 heavy (non-hydrogen) atoms. The van der Waals surface area contributed by atoms with E-state index < -0.39 is 0 Å². The fourth-order valence-corrected chi connectivity index (χ4v) is 0.912. The van der Waals surface area contributed by atoms with Crippen molar-refractivity contribution in [3.8, 4) is 0 Å². The number of hydrogen-bond acceptors (Lipinski definition) is 2. The van der Waals surface area contributed by atoms with Crippen LogP contribution in [-0.2, 0) is 4.79 Å². The third-order valence-electron chi connectivity index (χ3n) is 1.78. The van der Waals surface area contributed by atoms with Crippen LogP contribution < -0.4 is 10.6 Å². The number of amides is 3. The number of nitrogens with zero attached hydrogens (tertiary/aromatic N) is 1. The largest absolute Gasteiger partial charge is 0.359 e. The van der Waals surface area contributed by atoms with Gasteiger partial charge < -0.3 is 15.5 Å². The Labute approximate surface area is 91.2 Å². The number of rotatable bonds is 3. The lowest BCUT2D eigenvalue weighted by atomic mass is 10.1. The minimum absolute atomic E-state index is 0.0644. The van der Waals surface area contributed by atoms with Crippen LogP contribution in [0.3, 0.4) is 0 Å². The van der Waals surface area contributed by atoms with Gasteiger partial charge >= 0.3 is 6.03 Å². The minimum atomic E-state index is -0.252. The van der Waals surface area contributed by atoms with Crippen LogP contribution in [0.1, 0.15) is 27.2 Å². The van der Waals surface area contributed by atoms with Crippen molar-refractivity contribution in [2.75, 3.05) is 20.6 Å². The summed E-state index contributed by atoms with van der Waals surface area (Å²) in [5, 5.41) is 5.33. The Bertz CT molecular complexity index is 233. The maximum atomic E-state index is 11.5. The molecule has 0 fully saturated rings. The summed E-state index contributed by atoms with van der Waals surface area (Å²) in [5.41, 5.74) is -0.252. The van der Waals surface area contributed by atoms with Gasteiger partial charge in [-0.15, -0.1) is 0 Å². The van der Waals surface area contributed by atoms with Crippen molar-refractivity contribution in [2.24, 2.45) is 0 Å². The molecule has 0 atom stereocenters. The van der Waals surface area contributed by atoms with E-state index >= 15 is 0 Å². The summed E-state index contributed by atoms with van der Waals surface area (Å²) in [6.45, 7) is 6.16. The molecule has 0 aromatic rings. The third kappa shape index (κ3) is 6.76. The Morgan fingerprint density at radius 1 is 1.27 bits per heavy atom. The molecule has 0 unspecified atom stereocenters. The van der Waals surface area contributed by atoms with Gasteiger partial charge in [0.1, 0.15) is 0 Å². The molecule has 0 aliphatic heterocycles. The van der Waals surface area contributed by atoms with Crippen molar-refractivity contribution in [1.82, 2.24) is 15.5 Å². The zero-order chi connectivity index (χ0) is 12.1. The molecule has 3 amide bonds. The van der Waals surface area contributed by atoms with Crippen molar-refractivity contribution in [3.05, 3.63) is 0 Å². The summed E-state index contributed by atoms with van der Waals surface area (Å²) in [6.07, 6.45) is 0.324. The second-order valence-corrected chi connectivity index (χ2v) is 4.52. The van der Waals surface area contributed by atoms with Crippen LogP contribution >= 0.6 is 0 Å². The monoisotopic (exact) mass is 215 g/mol. The molecule has 0 spiro atoms. The fourth-order valence-electron chi connectivity index (χ4n) is 0.912. The van der Waals surface area contributed by atoms with Gasteiger partial charge in [-0.2, -0.15) is 0 Å². The Morgan fingerprint density at radius 2 is 1.80 bits per heavy atom. The van der Waals surface area contributed by atoms with Crippen LogP contribution in [0.5, 0.6) is 0 Å². The lowest BCUT2D eigenvalue weighted by Crippen LogP contribution is -2.47. The first-order valence-corrected chi connectivity index (χ1v) is 5.00. The van der Waals surface area contributed by atoms with Gasteiger partial charge in [0.05, 0.1) is 0 Å². The summed E-state index contributed by atoms with van der Waals surface area (Å²) in [7, 11) is 3.25. The maximum Gasteiger partial charge on any atom is 0.317 e. The van der Waals surface area contributed by atoms with Crippen LogP contribution in [0.4, 0.5) is 4.79 Å². The second-order valence-electron chi connectivity index (χ2n) is 4.52. The first-order chi connectivity index (χ1) is 6.76. The highest BCUT2D eigenvalue weighted by atomic mass is 16.2. The second kappa shape index (κ2) is 5.58. The predicted molar refractivity (Wildman–Crippen MR) is 59.6 cm³/mol. The van der Waals surface area contributed by atoms with Crippen molar-refractivity contribution in [3.63, 3.8) is 0 Å². The Balaban J connectivity index is 3.95. The Hall–Kier alpha value is -1.26. The SMILES string of the molecule is CNC(=O)CCN(C)C(=O)NC(C)(C)C. The molecule has 88 valence electrons. The van der Waals surface area contributed by atoms with E-state index in [4.69, 9.17) is 0 Å². The van der Waals surface area contributed by atoms with Crippen molar-refractivity contribution in [1.29, 1.82) is 0 Å². The van der Waals surface area contributed by atoms with Gasteiger partial charge in [-0.25, -0.2) is 4.79 Å². The molecule has 0 radical (unpaired) electrons. The molecule has 0 aromatic carbocycles. The normalized spacial score (nSPS) is 10.7. The molecule has 0 aliphatic carbocycles. The Morgan fingerprint density at radius 3 is 2.20 bits per heavy atom. The highest BCUT2D eigenvalue weighted by Gasteiger charge is 2.16. The minimum Gasteiger partial charge on any atom is -0.359 e. The van der Waals surface area contributed by atoms with Gasteiger partial charge in [0.2, 0.25) is 5.91 Å². The summed E-state index contributed by atoms with van der Waals surface area (Å²) in [6, 6.07) is -0.161. The molecule has 0 rings (SSSR count).